The third kappa shape index (κ3) is 4.60. The number of carbonyl (C=O) groups excluding carboxylic acids is 2. The van der Waals surface area contributed by atoms with Crippen molar-refractivity contribution in [2.45, 2.75) is 31.3 Å². The predicted octanol–water partition coefficient (Wildman–Crippen LogP) is 2.79. The molecule has 0 unspecified atom stereocenters. The van der Waals surface area contributed by atoms with Crippen molar-refractivity contribution < 1.29 is 23.8 Å². The molecule has 1 aromatic carbocycles. The number of fused-ring (bicyclic) bond motifs is 2. The van der Waals surface area contributed by atoms with Gasteiger partial charge in [-0.25, -0.2) is 9.67 Å². The molecule has 2 aromatic heterocycles. The number of rotatable bonds is 6. The number of nitrogens with zero attached hydrogens (tertiary/aromatic N) is 4. The van der Waals surface area contributed by atoms with Gasteiger partial charge in [0.2, 0.25) is 0 Å². The topological polar surface area (TPSA) is 120 Å². The third-order valence-electron chi connectivity index (χ3n) is 7.53. The average molecular weight is 541 g/mol. The number of aromatic nitrogens is 3. The number of benzene rings is 1. The fraction of sp³-hybridized carbons (Fsp3) is 0.462. The van der Waals surface area contributed by atoms with Crippen LogP contribution in [0.4, 0.5) is 5.69 Å². The average Bonchev–Trinajstić information content (AvgIpc) is 3.49. The summed E-state index contributed by atoms with van der Waals surface area (Å²) in [5.74, 6) is 0.857. The van der Waals surface area contributed by atoms with Crippen LogP contribution in [0.15, 0.2) is 24.4 Å². The van der Waals surface area contributed by atoms with Crippen LogP contribution >= 0.6 is 11.6 Å². The van der Waals surface area contributed by atoms with Crippen molar-refractivity contribution in [2.75, 3.05) is 51.8 Å². The van der Waals surface area contributed by atoms with Crippen LogP contribution in [-0.4, -0.2) is 83.6 Å². The molecule has 3 aromatic rings. The number of amides is 1. The lowest BCUT2D eigenvalue weighted by Gasteiger charge is -2.37. The highest BCUT2D eigenvalue weighted by Gasteiger charge is 2.42. The quantitative estimate of drug-likeness (QED) is 0.359. The first-order chi connectivity index (χ1) is 18.4. The number of nitrogens with one attached hydrogen (secondary N) is 2. The molecule has 1 spiro atoms. The minimum absolute atomic E-state index is 0.0923. The zero-order chi connectivity index (χ0) is 26.3. The molecule has 38 heavy (non-hydrogen) atoms. The minimum atomic E-state index is -0.300. The molecule has 2 N–H and O–H groups in total. The van der Waals surface area contributed by atoms with Crippen molar-refractivity contribution in [3.05, 3.63) is 35.2 Å². The molecule has 1 amide bonds. The minimum Gasteiger partial charge on any atom is -0.494 e. The Labute approximate surface area is 224 Å². The van der Waals surface area contributed by atoms with Crippen molar-refractivity contribution in [2.24, 2.45) is 0 Å². The Kier molecular flexibility index (Phi) is 6.48. The molecule has 0 radical (unpaired) electrons. The predicted molar refractivity (Wildman–Crippen MR) is 140 cm³/mol. The van der Waals surface area contributed by atoms with Gasteiger partial charge in [0.15, 0.2) is 5.69 Å². The molecule has 11 nitrogen and oxygen atoms in total. The summed E-state index contributed by atoms with van der Waals surface area (Å²) in [5, 5.41) is 11.8. The molecule has 5 heterocycles. The molecule has 2 fully saturated rings. The number of carbonyl (C=O) groups is 2. The lowest BCUT2D eigenvalue weighted by molar-refractivity contribution is -0.151. The van der Waals surface area contributed by atoms with Crippen LogP contribution in [0.3, 0.4) is 0 Å². The van der Waals surface area contributed by atoms with Crippen LogP contribution < -0.4 is 20.1 Å². The maximum atomic E-state index is 13.3. The molecule has 0 bridgehead atoms. The Morgan fingerprint density at radius 3 is 2.87 bits per heavy atom. The maximum Gasteiger partial charge on any atom is 0.306 e. The molecular formula is C26H29ClN6O5. The lowest BCUT2D eigenvalue weighted by atomic mass is 9.89. The highest BCUT2D eigenvalue weighted by atomic mass is 35.5. The summed E-state index contributed by atoms with van der Waals surface area (Å²) in [5.41, 5.74) is 2.05. The molecular weight excluding hydrogens is 512 g/mol. The Balaban J connectivity index is 1.20. The number of hydrogen-bond acceptors (Lipinski definition) is 9. The van der Waals surface area contributed by atoms with Crippen molar-refractivity contribution in [3.8, 4) is 17.2 Å². The molecule has 12 heteroatoms. The van der Waals surface area contributed by atoms with E-state index in [0.717, 1.165) is 38.0 Å². The summed E-state index contributed by atoms with van der Waals surface area (Å²) in [7, 11) is 1.59. The van der Waals surface area contributed by atoms with Gasteiger partial charge in [-0.2, -0.15) is 5.10 Å². The van der Waals surface area contributed by atoms with Gasteiger partial charge in [0.25, 0.3) is 5.91 Å². The number of piperidine rings is 1. The number of likely N-dealkylation sites (tertiary alicyclic amines) is 1. The zero-order valence-corrected chi connectivity index (χ0v) is 21.8. The number of esters is 1. The smallest absolute Gasteiger partial charge is 0.306 e. The maximum absolute atomic E-state index is 13.3. The summed E-state index contributed by atoms with van der Waals surface area (Å²) in [6, 6.07) is 5.38. The van der Waals surface area contributed by atoms with E-state index in [9.17, 15) is 9.59 Å². The van der Waals surface area contributed by atoms with E-state index in [1.807, 2.05) is 12.1 Å². The molecule has 0 atom stereocenters. The number of hydrogen-bond donors (Lipinski definition) is 2. The van der Waals surface area contributed by atoms with Gasteiger partial charge in [-0.05, 0) is 19.3 Å². The number of anilines is 1. The molecule has 0 saturated carbocycles. The first kappa shape index (κ1) is 24.7. The van der Waals surface area contributed by atoms with Crippen LogP contribution in [0.1, 0.15) is 36.2 Å². The van der Waals surface area contributed by atoms with Crippen molar-refractivity contribution >= 4 is 40.1 Å². The fourth-order valence-corrected chi connectivity index (χ4v) is 5.59. The van der Waals surface area contributed by atoms with Crippen molar-refractivity contribution in [1.29, 1.82) is 0 Å². The summed E-state index contributed by atoms with van der Waals surface area (Å²) >= 11 is 6.23. The van der Waals surface area contributed by atoms with Gasteiger partial charge in [-0.1, -0.05) is 11.6 Å². The van der Waals surface area contributed by atoms with Crippen LogP contribution in [-0.2, 0) is 9.53 Å². The van der Waals surface area contributed by atoms with Crippen LogP contribution in [0.25, 0.3) is 16.6 Å². The highest BCUT2D eigenvalue weighted by molar-refractivity contribution is 6.30. The summed E-state index contributed by atoms with van der Waals surface area (Å²) in [6.45, 7) is 4.07. The van der Waals surface area contributed by atoms with Crippen LogP contribution in [0, 0.1) is 0 Å². The fourth-order valence-electron chi connectivity index (χ4n) is 5.44. The lowest BCUT2D eigenvalue weighted by Crippen LogP contribution is -2.46. The van der Waals surface area contributed by atoms with Crippen molar-refractivity contribution in [3.63, 3.8) is 0 Å². The summed E-state index contributed by atoms with van der Waals surface area (Å²) in [6.07, 6.45) is 4.54. The zero-order valence-electron chi connectivity index (χ0n) is 21.1. The Hall–Kier alpha value is -3.57. The van der Waals surface area contributed by atoms with Gasteiger partial charge in [0.1, 0.15) is 34.5 Å². The molecule has 200 valence electrons. The van der Waals surface area contributed by atoms with E-state index in [-0.39, 0.29) is 28.3 Å². The van der Waals surface area contributed by atoms with E-state index < -0.39 is 0 Å². The molecule has 6 rings (SSSR count). The largest absolute Gasteiger partial charge is 0.494 e. The second-order valence-electron chi connectivity index (χ2n) is 9.83. The van der Waals surface area contributed by atoms with E-state index >= 15 is 0 Å². The standard InChI is InChI=1S/C26H29ClN6O5/c1-36-21-12-17-20(37-11-7-28-17)13-19(21)33-18-14-22(27)30-15-16(18)24(31-33)25(35)29-6-10-32-8-4-26(5-9-32)3-2-23(34)38-26/h12-15,28H,2-11H2,1H3,(H,29,35). The Morgan fingerprint density at radius 1 is 1.26 bits per heavy atom. The summed E-state index contributed by atoms with van der Waals surface area (Å²) in [4.78, 5) is 31.3. The Morgan fingerprint density at radius 2 is 2.11 bits per heavy atom. The van der Waals surface area contributed by atoms with Gasteiger partial charge in [0.05, 0.1) is 23.7 Å². The van der Waals surface area contributed by atoms with E-state index in [0.29, 0.717) is 60.8 Å². The highest BCUT2D eigenvalue weighted by Crippen LogP contribution is 2.38. The molecule has 3 aliphatic rings. The second-order valence-corrected chi connectivity index (χ2v) is 10.2. The van der Waals surface area contributed by atoms with Gasteiger partial charge >= 0.3 is 5.97 Å². The van der Waals surface area contributed by atoms with Gasteiger partial charge in [-0.3, -0.25) is 9.59 Å². The second kappa shape index (κ2) is 9.95. The van der Waals surface area contributed by atoms with Crippen LogP contribution in [0.2, 0.25) is 5.15 Å². The third-order valence-corrected chi connectivity index (χ3v) is 7.73. The number of pyridine rings is 1. The van der Waals surface area contributed by atoms with E-state index in [1.54, 1.807) is 24.1 Å². The first-order valence-electron chi connectivity index (χ1n) is 12.8. The van der Waals surface area contributed by atoms with E-state index in [2.05, 4.69) is 25.6 Å². The van der Waals surface area contributed by atoms with Gasteiger partial charge in [0, 0.05) is 63.5 Å². The van der Waals surface area contributed by atoms with Crippen molar-refractivity contribution in [1.82, 2.24) is 25.0 Å². The molecule has 3 aliphatic heterocycles. The Bertz CT molecular complexity index is 1400. The van der Waals surface area contributed by atoms with Gasteiger partial charge < -0.3 is 29.7 Å². The number of halogens is 1. The number of methoxy groups -OCH3 is 1. The SMILES string of the molecule is COc1cc2c(cc1-n1nc(C(=O)NCCN3CCC4(CCC(=O)O4)CC3)c3cnc(Cl)cc31)OCCN2. The number of ether oxygens (including phenoxy) is 3. The van der Waals surface area contributed by atoms with E-state index in [4.69, 9.17) is 25.8 Å². The summed E-state index contributed by atoms with van der Waals surface area (Å²) < 4.78 is 18.7. The van der Waals surface area contributed by atoms with E-state index in [1.165, 1.54) is 0 Å². The molecule has 0 aliphatic carbocycles. The van der Waals surface area contributed by atoms with Gasteiger partial charge in [-0.15, -0.1) is 0 Å². The van der Waals surface area contributed by atoms with Crippen LogP contribution in [0.5, 0.6) is 11.5 Å². The first-order valence-corrected chi connectivity index (χ1v) is 13.2. The normalized spacial score (nSPS) is 18.5. The molecule has 2 saturated heterocycles. The monoisotopic (exact) mass is 540 g/mol.